The number of anilines is 1. The molecule has 3 aromatic carbocycles. The molecule has 0 aliphatic heterocycles. The third-order valence-electron chi connectivity index (χ3n) is 4.70. The van der Waals surface area contributed by atoms with Crippen LogP contribution in [0.5, 0.6) is 5.75 Å². The van der Waals surface area contributed by atoms with Gasteiger partial charge in [-0.15, -0.1) is 0 Å². The lowest BCUT2D eigenvalue weighted by Gasteiger charge is -2.13. The minimum Gasteiger partial charge on any atom is -0.495 e. The molecule has 30 heavy (non-hydrogen) atoms. The minimum absolute atomic E-state index is 0.191. The molecule has 0 radical (unpaired) electrons. The van der Waals surface area contributed by atoms with E-state index in [9.17, 15) is 4.79 Å². The van der Waals surface area contributed by atoms with Crippen LogP contribution in [0, 0.1) is 0 Å². The van der Waals surface area contributed by atoms with Crippen LogP contribution in [0.25, 0.3) is 21.9 Å². The number of benzene rings is 3. The number of fused-ring (bicyclic) bond motifs is 3. The number of oxime groups is 1. The van der Waals surface area contributed by atoms with E-state index in [1.54, 1.807) is 32.2 Å². The standard InChI is InChI=1S/C23H21N3O4/c1-14(30-26-22(24)15-8-4-3-5-9-15)23(27)25-18-13-20-17(12-21(18)28-2)16-10-6-7-11-19(16)29-20/h3-14H,1-2H3,(H2,24,26)(H,25,27)/t14-/m1/s1. The summed E-state index contributed by atoms with van der Waals surface area (Å²) < 4.78 is 11.3. The Morgan fingerprint density at radius 1 is 1.03 bits per heavy atom. The number of amides is 1. The molecule has 0 saturated carbocycles. The van der Waals surface area contributed by atoms with E-state index in [0.717, 1.165) is 16.4 Å². The molecule has 3 N–H and O–H groups in total. The maximum atomic E-state index is 12.6. The fraction of sp³-hybridized carbons (Fsp3) is 0.130. The molecule has 4 rings (SSSR count). The minimum atomic E-state index is -0.872. The molecule has 1 heterocycles. The average Bonchev–Trinajstić information content (AvgIpc) is 3.14. The summed E-state index contributed by atoms with van der Waals surface area (Å²) in [5.41, 5.74) is 8.50. The SMILES string of the molecule is COc1cc2c(cc1NC(=O)[C@@H](C)O/N=C(/N)c1ccccc1)oc1ccccc12. The van der Waals surface area contributed by atoms with Gasteiger partial charge in [0.25, 0.3) is 5.91 Å². The summed E-state index contributed by atoms with van der Waals surface area (Å²) in [6.07, 6.45) is -0.872. The zero-order valence-electron chi connectivity index (χ0n) is 16.6. The van der Waals surface area contributed by atoms with Gasteiger partial charge in [0.05, 0.1) is 12.8 Å². The molecule has 0 saturated heterocycles. The quantitative estimate of drug-likeness (QED) is 0.285. The number of carbonyl (C=O) groups excluding carboxylic acids is 1. The smallest absolute Gasteiger partial charge is 0.268 e. The van der Waals surface area contributed by atoms with Crippen LogP contribution in [0.3, 0.4) is 0 Å². The maximum absolute atomic E-state index is 12.6. The van der Waals surface area contributed by atoms with E-state index in [-0.39, 0.29) is 5.84 Å². The van der Waals surface area contributed by atoms with Gasteiger partial charge in [-0.1, -0.05) is 53.7 Å². The Bertz CT molecular complexity index is 1230. The van der Waals surface area contributed by atoms with Crippen molar-refractivity contribution in [3.63, 3.8) is 0 Å². The van der Waals surface area contributed by atoms with Crippen molar-refractivity contribution in [1.82, 2.24) is 0 Å². The molecule has 0 unspecified atom stereocenters. The van der Waals surface area contributed by atoms with Gasteiger partial charge in [0.1, 0.15) is 16.9 Å². The highest BCUT2D eigenvalue weighted by molar-refractivity contribution is 6.08. The van der Waals surface area contributed by atoms with E-state index in [1.807, 2.05) is 48.5 Å². The van der Waals surface area contributed by atoms with Crippen LogP contribution in [0.15, 0.2) is 76.3 Å². The topological polar surface area (TPSA) is 99.1 Å². The summed E-state index contributed by atoms with van der Waals surface area (Å²) in [6, 6.07) is 20.5. The zero-order chi connectivity index (χ0) is 21.1. The van der Waals surface area contributed by atoms with Crippen LogP contribution in [0.2, 0.25) is 0 Å². The number of hydrogen-bond donors (Lipinski definition) is 2. The summed E-state index contributed by atoms with van der Waals surface area (Å²) in [5, 5.41) is 8.55. The molecule has 4 aromatic rings. The number of ether oxygens (including phenoxy) is 1. The number of nitrogens with two attached hydrogens (primary N) is 1. The third kappa shape index (κ3) is 3.77. The Hall–Kier alpha value is -4.00. The highest BCUT2D eigenvalue weighted by atomic mass is 16.6. The molecule has 0 spiro atoms. The molecule has 0 aliphatic carbocycles. The first-order valence-corrected chi connectivity index (χ1v) is 9.41. The van der Waals surface area contributed by atoms with Gasteiger partial charge < -0.3 is 25.0 Å². The first kappa shape index (κ1) is 19.3. The van der Waals surface area contributed by atoms with Gasteiger partial charge in [0.2, 0.25) is 6.10 Å². The molecular weight excluding hydrogens is 382 g/mol. The maximum Gasteiger partial charge on any atom is 0.268 e. The molecule has 1 atom stereocenters. The monoisotopic (exact) mass is 403 g/mol. The number of methoxy groups -OCH3 is 1. The highest BCUT2D eigenvalue weighted by Crippen LogP contribution is 2.36. The van der Waals surface area contributed by atoms with Crippen LogP contribution in [-0.2, 0) is 9.63 Å². The van der Waals surface area contributed by atoms with Crippen LogP contribution < -0.4 is 15.8 Å². The lowest BCUT2D eigenvalue weighted by Crippen LogP contribution is -2.27. The van der Waals surface area contributed by atoms with Crippen LogP contribution in [0.4, 0.5) is 5.69 Å². The van der Waals surface area contributed by atoms with E-state index in [4.69, 9.17) is 19.7 Å². The lowest BCUT2D eigenvalue weighted by atomic mass is 10.1. The number of carbonyl (C=O) groups is 1. The Morgan fingerprint density at radius 2 is 1.77 bits per heavy atom. The fourth-order valence-electron chi connectivity index (χ4n) is 3.10. The van der Waals surface area contributed by atoms with Crippen molar-refractivity contribution in [2.45, 2.75) is 13.0 Å². The molecule has 7 heteroatoms. The molecule has 1 aromatic heterocycles. The number of nitrogens with one attached hydrogen (secondary N) is 1. The van der Waals surface area contributed by atoms with Gasteiger partial charge in [-0.25, -0.2) is 0 Å². The number of furan rings is 1. The van der Waals surface area contributed by atoms with Crippen molar-refractivity contribution in [3.05, 3.63) is 72.3 Å². The third-order valence-corrected chi connectivity index (χ3v) is 4.70. The Balaban J connectivity index is 1.54. The van der Waals surface area contributed by atoms with Crippen molar-refractivity contribution in [2.24, 2.45) is 10.9 Å². The predicted octanol–water partition coefficient (Wildman–Crippen LogP) is 4.26. The van der Waals surface area contributed by atoms with E-state index >= 15 is 0 Å². The number of hydrogen-bond acceptors (Lipinski definition) is 5. The van der Waals surface area contributed by atoms with E-state index in [2.05, 4.69) is 10.5 Å². The van der Waals surface area contributed by atoms with Gasteiger partial charge in [0, 0.05) is 22.4 Å². The van der Waals surface area contributed by atoms with Gasteiger partial charge in [0.15, 0.2) is 5.84 Å². The Labute approximate surface area is 173 Å². The van der Waals surface area contributed by atoms with Crippen molar-refractivity contribution < 1.29 is 18.8 Å². The highest BCUT2D eigenvalue weighted by Gasteiger charge is 2.19. The van der Waals surface area contributed by atoms with E-state index < -0.39 is 12.0 Å². The molecule has 1 amide bonds. The van der Waals surface area contributed by atoms with Crippen LogP contribution in [-0.4, -0.2) is 25.0 Å². The number of nitrogens with zero attached hydrogens (tertiary/aromatic N) is 1. The van der Waals surface area contributed by atoms with E-state index in [1.165, 1.54) is 0 Å². The first-order chi connectivity index (χ1) is 14.6. The molecule has 0 fully saturated rings. The van der Waals surface area contributed by atoms with E-state index in [0.29, 0.717) is 22.6 Å². The average molecular weight is 403 g/mol. The number of para-hydroxylation sites is 1. The van der Waals surface area contributed by atoms with Crippen molar-refractivity contribution in [2.75, 3.05) is 12.4 Å². The van der Waals surface area contributed by atoms with Crippen molar-refractivity contribution in [3.8, 4) is 5.75 Å². The molecular formula is C23H21N3O4. The van der Waals surface area contributed by atoms with Gasteiger partial charge in [-0.05, 0) is 19.1 Å². The lowest BCUT2D eigenvalue weighted by molar-refractivity contribution is -0.126. The first-order valence-electron chi connectivity index (χ1n) is 9.41. The largest absolute Gasteiger partial charge is 0.495 e. The summed E-state index contributed by atoms with van der Waals surface area (Å²) in [6.45, 7) is 1.59. The summed E-state index contributed by atoms with van der Waals surface area (Å²) in [5.74, 6) is 0.312. The van der Waals surface area contributed by atoms with Crippen molar-refractivity contribution in [1.29, 1.82) is 0 Å². The Morgan fingerprint density at radius 3 is 2.53 bits per heavy atom. The summed E-state index contributed by atoms with van der Waals surface area (Å²) >= 11 is 0. The second kappa shape index (κ2) is 8.16. The number of rotatable bonds is 6. The van der Waals surface area contributed by atoms with Crippen molar-refractivity contribution >= 4 is 39.4 Å². The Kier molecular flexibility index (Phi) is 5.26. The number of amidine groups is 1. The second-order valence-electron chi connectivity index (χ2n) is 6.73. The summed E-state index contributed by atoms with van der Waals surface area (Å²) in [4.78, 5) is 17.9. The molecule has 0 bridgehead atoms. The second-order valence-corrected chi connectivity index (χ2v) is 6.73. The van der Waals surface area contributed by atoms with Gasteiger partial charge in [-0.2, -0.15) is 0 Å². The van der Waals surface area contributed by atoms with Gasteiger partial charge >= 0.3 is 0 Å². The molecule has 152 valence electrons. The van der Waals surface area contributed by atoms with Crippen LogP contribution >= 0.6 is 0 Å². The molecule has 0 aliphatic rings. The zero-order valence-corrected chi connectivity index (χ0v) is 16.6. The fourth-order valence-corrected chi connectivity index (χ4v) is 3.10. The summed E-state index contributed by atoms with van der Waals surface area (Å²) in [7, 11) is 1.55. The predicted molar refractivity (Wildman–Crippen MR) is 117 cm³/mol. The molecule has 7 nitrogen and oxygen atoms in total. The van der Waals surface area contributed by atoms with Crippen LogP contribution in [0.1, 0.15) is 12.5 Å². The van der Waals surface area contributed by atoms with Gasteiger partial charge in [-0.3, -0.25) is 4.79 Å². The normalized spacial score (nSPS) is 12.7.